The predicted molar refractivity (Wildman–Crippen MR) is 82.7 cm³/mol. The van der Waals surface area contributed by atoms with Crippen molar-refractivity contribution in [3.8, 4) is 11.5 Å². The number of carboxylic acid groups (broad SMARTS) is 2. The van der Waals surface area contributed by atoms with Crippen LogP contribution in [0.5, 0.6) is 11.5 Å². The molecule has 0 atom stereocenters. The third kappa shape index (κ3) is 3.60. The Morgan fingerprint density at radius 2 is 1.22 bits per heavy atom. The molecule has 0 radical (unpaired) electrons. The van der Waals surface area contributed by atoms with Gasteiger partial charge in [0.1, 0.15) is 22.6 Å². The molecule has 0 saturated carbocycles. The second kappa shape index (κ2) is 6.83. The van der Waals surface area contributed by atoms with Crippen LogP contribution in [-0.2, 0) is 6.42 Å². The van der Waals surface area contributed by atoms with Crippen molar-refractivity contribution in [1.82, 2.24) is 0 Å². The molecule has 0 aliphatic carbocycles. The summed E-state index contributed by atoms with van der Waals surface area (Å²) in [6.45, 7) is 0. The van der Waals surface area contributed by atoms with Crippen LogP contribution >= 0.6 is 0 Å². The minimum Gasteiger partial charge on any atom is -0.496 e. The minimum atomic E-state index is -1.05. The second-order valence-corrected chi connectivity index (χ2v) is 4.86. The molecule has 2 aromatic carbocycles. The average Bonchev–Trinajstić information content (AvgIpc) is 2.54. The molecule has 23 heavy (non-hydrogen) atoms. The molecule has 2 N–H and O–H groups in total. The molecule has 0 spiro atoms. The molecule has 0 aliphatic heterocycles. The maximum absolute atomic E-state index is 11.1. The van der Waals surface area contributed by atoms with Crippen LogP contribution in [0.2, 0.25) is 0 Å². The summed E-state index contributed by atoms with van der Waals surface area (Å²) in [5, 5.41) is 18.2. The Morgan fingerprint density at radius 1 is 0.826 bits per heavy atom. The summed E-state index contributed by atoms with van der Waals surface area (Å²) in [5.74, 6) is -1.55. The summed E-state index contributed by atoms with van der Waals surface area (Å²) in [7, 11) is 2.83. The van der Waals surface area contributed by atoms with Crippen molar-refractivity contribution < 1.29 is 29.3 Å². The van der Waals surface area contributed by atoms with E-state index in [1.807, 2.05) is 0 Å². The van der Waals surface area contributed by atoms with Gasteiger partial charge in [0, 0.05) is 0 Å². The van der Waals surface area contributed by atoms with Gasteiger partial charge in [0.25, 0.3) is 0 Å². The fourth-order valence-electron chi connectivity index (χ4n) is 2.28. The first kappa shape index (κ1) is 16.4. The lowest BCUT2D eigenvalue weighted by molar-refractivity contribution is 0.0682. The molecule has 0 bridgehead atoms. The smallest absolute Gasteiger partial charge is 0.339 e. The monoisotopic (exact) mass is 316 g/mol. The standard InChI is InChI=1S/C17H16O6/c1-22-14-8-10(3-5-12(14)16(18)19)7-11-4-6-13(17(20)21)15(9-11)23-2/h3-6,8-9H,7H2,1-2H3,(H,18,19)(H,20,21). The zero-order valence-electron chi connectivity index (χ0n) is 12.7. The normalized spacial score (nSPS) is 10.2. The van der Waals surface area contributed by atoms with E-state index in [1.54, 1.807) is 24.3 Å². The third-order valence-electron chi connectivity index (χ3n) is 3.40. The largest absolute Gasteiger partial charge is 0.496 e. The molecule has 0 saturated heterocycles. The number of rotatable bonds is 6. The quantitative estimate of drug-likeness (QED) is 0.851. The Labute approximate surface area is 132 Å². The lowest BCUT2D eigenvalue weighted by Gasteiger charge is -2.10. The van der Waals surface area contributed by atoms with Crippen LogP contribution in [0.25, 0.3) is 0 Å². The van der Waals surface area contributed by atoms with E-state index >= 15 is 0 Å². The lowest BCUT2D eigenvalue weighted by atomic mass is 10.0. The number of hydrogen-bond acceptors (Lipinski definition) is 4. The van der Waals surface area contributed by atoms with Crippen LogP contribution < -0.4 is 9.47 Å². The fourth-order valence-corrected chi connectivity index (χ4v) is 2.28. The fraction of sp³-hybridized carbons (Fsp3) is 0.176. The summed E-state index contributed by atoms with van der Waals surface area (Å²) in [4.78, 5) is 22.2. The van der Waals surface area contributed by atoms with E-state index in [1.165, 1.54) is 26.4 Å². The van der Waals surface area contributed by atoms with Gasteiger partial charge in [-0.15, -0.1) is 0 Å². The van der Waals surface area contributed by atoms with Crippen molar-refractivity contribution in [1.29, 1.82) is 0 Å². The zero-order valence-corrected chi connectivity index (χ0v) is 12.7. The van der Waals surface area contributed by atoms with Crippen molar-refractivity contribution in [2.24, 2.45) is 0 Å². The van der Waals surface area contributed by atoms with Gasteiger partial charge in [-0.3, -0.25) is 0 Å². The van der Waals surface area contributed by atoms with E-state index in [0.717, 1.165) is 11.1 Å². The molecule has 120 valence electrons. The first-order chi connectivity index (χ1) is 11.0. The van der Waals surface area contributed by atoms with Gasteiger partial charge in [-0.25, -0.2) is 9.59 Å². The molecule has 0 amide bonds. The number of methoxy groups -OCH3 is 2. The van der Waals surface area contributed by atoms with E-state index in [4.69, 9.17) is 19.7 Å². The highest BCUT2D eigenvalue weighted by molar-refractivity contribution is 5.91. The number of carbonyl (C=O) groups is 2. The van der Waals surface area contributed by atoms with Crippen LogP contribution in [0, 0.1) is 0 Å². The average molecular weight is 316 g/mol. The van der Waals surface area contributed by atoms with E-state index in [2.05, 4.69) is 0 Å². The molecule has 0 unspecified atom stereocenters. The van der Waals surface area contributed by atoms with Crippen LogP contribution in [0.4, 0.5) is 0 Å². The summed E-state index contributed by atoms with van der Waals surface area (Å²) in [6, 6.07) is 9.67. The SMILES string of the molecule is COc1cc(Cc2ccc(C(=O)O)c(OC)c2)ccc1C(=O)O. The maximum atomic E-state index is 11.1. The second-order valence-electron chi connectivity index (χ2n) is 4.86. The van der Waals surface area contributed by atoms with Gasteiger partial charge < -0.3 is 19.7 Å². The van der Waals surface area contributed by atoms with Crippen molar-refractivity contribution in [3.05, 3.63) is 58.7 Å². The summed E-state index contributed by atoms with van der Waals surface area (Å²) in [5.41, 5.74) is 1.87. The van der Waals surface area contributed by atoms with Gasteiger partial charge in [0.2, 0.25) is 0 Å². The number of aromatic carboxylic acids is 2. The van der Waals surface area contributed by atoms with E-state index in [0.29, 0.717) is 6.42 Å². The molecule has 6 heteroatoms. The Hall–Kier alpha value is -3.02. The number of hydrogen-bond donors (Lipinski definition) is 2. The van der Waals surface area contributed by atoms with Crippen molar-refractivity contribution in [3.63, 3.8) is 0 Å². The lowest BCUT2D eigenvalue weighted by Crippen LogP contribution is -2.03. The van der Waals surface area contributed by atoms with Crippen molar-refractivity contribution in [2.75, 3.05) is 14.2 Å². The predicted octanol–water partition coefficient (Wildman–Crippen LogP) is 2.69. The molecule has 0 fully saturated rings. The summed E-state index contributed by atoms with van der Waals surface area (Å²) < 4.78 is 10.2. The van der Waals surface area contributed by atoms with Gasteiger partial charge in [0.15, 0.2) is 0 Å². The van der Waals surface area contributed by atoms with Gasteiger partial charge >= 0.3 is 11.9 Å². The van der Waals surface area contributed by atoms with Gasteiger partial charge in [0.05, 0.1) is 14.2 Å². The third-order valence-corrected chi connectivity index (χ3v) is 3.40. The van der Waals surface area contributed by atoms with Crippen molar-refractivity contribution in [2.45, 2.75) is 6.42 Å². The van der Waals surface area contributed by atoms with Gasteiger partial charge in [-0.1, -0.05) is 12.1 Å². The molecule has 0 aromatic heterocycles. The molecule has 6 nitrogen and oxygen atoms in total. The minimum absolute atomic E-state index is 0.0926. The summed E-state index contributed by atoms with van der Waals surface area (Å²) >= 11 is 0. The van der Waals surface area contributed by atoms with Gasteiger partial charge in [-0.05, 0) is 41.8 Å². The van der Waals surface area contributed by atoms with Crippen LogP contribution in [0.1, 0.15) is 31.8 Å². The number of ether oxygens (including phenoxy) is 2. The highest BCUT2D eigenvalue weighted by atomic mass is 16.5. The molecular formula is C17H16O6. The van der Waals surface area contributed by atoms with Crippen LogP contribution in [-0.4, -0.2) is 36.4 Å². The molecular weight excluding hydrogens is 300 g/mol. The van der Waals surface area contributed by atoms with Gasteiger partial charge in [-0.2, -0.15) is 0 Å². The topological polar surface area (TPSA) is 93.1 Å². The zero-order chi connectivity index (χ0) is 17.0. The maximum Gasteiger partial charge on any atom is 0.339 e. The first-order valence-corrected chi connectivity index (χ1v) is 6.76. The first-order valence-electron chi connectivity index (χ1n) is 6.76. The number of benzene rings is 2. The molecule has 0 heterocycles. The van der Waals surface area contributed by atoms with E-state index in [9.17, 15) is 9.59 Å². The van der Waals surface area contributed by atoms with Crippen molar-refractivity contribution >= 4 is 11.9 Å². The van der Waals surface area contributed by atoms with Crippen LogP contribution in [0.3, 0.4) is 0 Å². The molecule has 2 rings (SSSR count). The molecule has 0 aliphatic rings. The Bertz CT molecular complexity index is 687. The number of carboxylic acids is 2. The highest BCUT2D eigenvalue weighted by Crippen LogP contribution is 2.25. The molecule has 2 aromatic rings. The highest BCUT2D eigenvalue weighted by Gasteiger charge is 2.13. The summed E-state index contributed by atoms with van der Waals surface area (Å²) in [6.07, 6.45) is 0.493. The van der Waals surface area contributed by atoms with E-state index < -0.39 is 11.9 Å². The Kier molecular flexibility index (Phi) is 4.85. The van der Waals surface area contributed by atoms with Crippen LogP contribution in [0.15, 0.2) is 36.4 Å². The van der Waals surface area contributed by atoms with E-state index in [-0.39, 0.29) is 22.6 Å². The Balaban J connectivity index is 2.32. The Morgan fingerprint density at radius 3 is 1.52 bits per heavy atom.